The zero-order chi connectivity index (χ0) is 105. The fraction of sp³-hybridized carbons (Fsp3) is 0.385. The van der Waals surface area contributed by atoms with E-state index in [0.29, 0.717) is 120 Å². The number of Topliss-reactive ketones (excluding diaryl/α,β-unsaturated/α-hetero) is 1. The molecule has 38 heteroatoms. The van der Waals surface area contributed by atoms with E-state index in [1.165, 1.54) is 26.9 Å². The van der Waals surface area contributed by atoms with E-state index >= 15 is 0 Å². The van der Waals surface area contributed by atoms with Crippen molar-refractivity contribution < 1.29 is 140 Å². The summed E-state index contributed by atoms with van der Waals surface area (Å²) in [6, 6.07) is 57.1. The average molecular weight is 2050 g/mol. The van der Waals surface area contributed by atoms with Crippen molar-refractivity contribution in [1.29, 1.82) is 0 Å². The topological polar surface area (TPSA) is 443 Å². The van der Waals surface area contributed by atoms with Gasteiger partial charge in [-0.05, 0) is 159 Å². The number of ether oxygens (including phenoxy) is 4. The van der Waals surface area contributed by atoms with Gasteiger partial charge in [0.1, 0.15) is 30.0 Å². The SMILES string of the molecule is C=CCOC(=O)C(N1C(=O)[C@H]([C@@H](C)O[Si](C)(C)C)[C@H]1CC(=O)c1ccc(CN2CCNC2=O)cc1)=P(c1ccccc1)(c1ccccc1)c1ccccc1.C=CCOC(=O)C1=C(c2ccc(CN3CCNC3=O)cc2)C[C@@H]2[C@@H]([C@@H](C)O)C(=O)N12.C[C@@H](O)[C@H]1C(=O)N2C(C(=O)OCOC(=O)C(C)(C)C)=C(c3ccc(CN4CCNC4=O)cc3)C[C@H]12.C[C@@H](O)[C@H]1C(=O)N2C(C(=O)[O-])=C(c3ccc(CN4CCNC4=O)cc3)C[C@H]12.[Na+]. The minimum Gasteiger partial charge on any atom is -0.543 e. The van der Waals surface area contributed by atoms with Gasteiger partial charge in [0.05, 0.1) is 89.3 Å². The Bertz CT molecular complexity index is 6270. The van der Waals surface area contributed by atoms with Gasteiger partial charge in [0.2, 0.25) is 30.4 Å². The Morgan fingerprint density at radius 2 is 0.776 bits per heavy atom. The van der Waals surface area contributed by atoms with Crippen LogP contribution in [0.15, 0.2) is 230 Å². The maximum absolute atomic E-state index is 14.9. The van der Waals surface area contributed by atoms with Crippen molar-refractivity contribution in [1.82, 2.24) is 60.5 Å². The Kier molecular flexibility index (Phi) is 34.8. The number of fused-ring (bicyclic) bond motifs is 3. The first-order chi connectivity index (χ1) is 69.7. The Balaban J connectivity index is 0.000000161. The number of ketones is 1. The molecule has 12 atom stereocenters. The number of urea groups is 4. The molecule has 7 N–H and O–H groups in total. The van der Waals surface area contributed by atoms with Crippen molar-refractivity contribution in [2.24, 2.45) is 29.1 Å². The summed E-state index contributed by atoms with van der Waals surface area (Å²) in [5.74, 6) is -7.67. The van der Waals surface area contributed by atoms with Gasteiger partial charge in [-0.2, -0.15) is 0 Å². The van der Waals surface area contributed by atoms with Crippen LogP contribution in [0.4, 0.5) is 19.2 Å². The number of carboxylic acids is 1. The normalized spacial score (nSPS) is 21.4. The van der Waals surface area contributed by atoms with Crippen LogP contribution in [0, 0.1) is 29.1 Å². The molecule has 0 saturated carbocycles. The van der Waals surface area contributed by atoms with Crippen molar-refractivity contribution in [3.8, 4) is 0 Å². The van der Waals surface area contributed by atoms with Gasteiger partial charge in [-0.3, -0.25) is 28.8 Å². The number of nitrogens with zero attached hydrogens (tertiary/aromatic N) is 8. The second kappa shape index (κ2) is 46.7. The zero-order valence-corrected chi connectivity index (χ0v) is 88.3. The molecule has 11 aliphatic heterocycles. The monoisotopic (exact) mass is 2050 g/mol. The predicted octanol–water partition coefficient (Wildman–Crippen LogP) is 4.88. The number of benzene rings is 7. The number of carbonyl (C=O) groups excluding carboxylic acids is 14. The summed E-state index contributed by atoms with van der Waals surface area (Å²) in [4.78, 5) is 191. The summed E-state index contributed by atoms with van der Waals surface area (Å²) in [5.41, 5.74) is 8.12. The van der Waals surface area contributed by atoms with Crippen LogP contribution in [0.2, 0.25) is 19.6 Å². The van der Waals surface area contributed by atoms with Crippen LogP contribution in [0.5, 0.6) is 0 Å². The first-order valence-electron chi connectivity index (χ1n) is 49.0. The molecule has 7 aromatic rings. The Hall–Kier alpha value is -13.4. The molecule has 12 amide bonds. The van der Waals surface area contributed by atoms with E-state index in [1.54, 1.807) is 90.3 Å². The van der Waals surface area contributed by atoms with Crippen LogP contribution in [-0.2, 0) is 92.7 Å². The van der Waals surface area contributed by atoms with Crippen molar-refractivity contribution in [2.75, 3.05) is 72.4 Å². The van der Waals surface area contributed by atoms with Crippen molar-refractivity contribution in [3.05, 3.63) is 275 Å². The maximum atomic E-state index is 14.9. The molecule has 18 rings (SSSR count). The van der Waals surface area contributed by atoms with Crippen LogP contribution >= 0.6 is 6.89 Å². The van der Waals surface area contributed by atoms with Crippen LogP contribution in [-0.4, -0.2) is 273 Å². The van der Waals surface area contributed by atoms with Gasteiger partial charge in [0, 0.05) is 97.4 Å². The molecule has 0 spiro atoms. The van der Waals surface area contributed by atoms with Gasteiger partial charge < -0.3 is 109 Å². The number of carboxylic acid groups (broad SMARTS) is 1. The van der Waals surface area contributed by atoms with Crippen molar-refractivity contribution >= 4 is 137 Å². The molecule has 8 saturated heterocycles. The third-order valence-electron chi connectivity index (χ3n) is 27.7. The molecule has 8 fully saturated rings. The first kappa shape index (κ1) is 109. The number of β-lactam (4-membered cyclic amide) rings is 4. The Morgan fingerprint density at radius 3 is 1.09 bits per heavy atom. The minimum absolute atomic E-state index is 0. The number of aliphatic carboxylic acids is 1. The molecule has 7 aromatic carbocycles. The molecule has 0 aromatic heterocycles. The summed E-state index contributed by atoms with van der Waals surface area (Å²) in [6.07, 6.45) is 1.23. The second-order valence-electron chi connectivity index (χ2n) is 39.8. The van der Waals surface area contributed by atoms with Crippen LogP contribution in [0.25, 0.3) is 16.7 Å². The molecule has 768 valence electrons. The molecule has 0 aliphatic carbocycles. The first-order valence-corrected chi connectivity index (χ1v) is 54.2. The predicted molar refractivity (Wildman–Crippen MR) is 544 cm³/mol. The van der Waals surface area contributed by atoms with Gasteiger partial charge in [-0.15, -0.1) is 0 Å². The summed E-state index contributed by atoms with van der Waals surface area (Å²) in [7, 11) is -2.13. The number of hydrogen-bond acceptors (Lipinski definition) is 23. The maximum Gasteiger partial charge on any atom is 1.00 e. The van der Waals surface area contributed by atoms with E-state index in [0.717, 1.165) is 54.9 Å². The smallest absolute Gasteiger partial charge is 0.543 e. The number of nitrogens with one attached hydrogen (secondary N) is 4. The molecular formula is C109H124N12NaO23PSi. The standard InChI is InChI=1S/C43H48N3O6PSi.C25H31N3O7.C22H25N3O5.C19H21N3O5.Na/c1-6-28-51-42(49)41(53(34-16-10-7-11-17-34,35-18-12-8-13-19-35)36-20-14-9-15-21-36)46-37(39(40(46)48)31(2)52-54(3,4)5)29-38(47)33-24-22-32(23-25-33)30-45-27-26-44-43(45)50;1-14(29)19-18-11-17(16-7-5-15(6-8-16)12-27-10-9-26-24(27)33)20(28(18)21(19)30)22(31)34-13-35-23(32)25(2,3)4;1-3-10-30-21(28)19-16(11-17-18(13(2)26)20(27)25(17)19)15-6-4-14(5-7-15)12-24-9-8-23-22(24)29;1-10(23)15-14-8-13(16(18(25)26)22(14)17(15)24)12-4-2-11(3-5-12)9-21-7-6-20-19(21)27;/h6-25,31,37,39H,1,26-30H2,2-5H3,(H,44,50);5-8,14,18-19,29H,9-13H2,1-4H3,(H,26,33);3-7,13,17-18,26H,1,8-12H2,2H3,(H,23,29);2-5,10,14-15,23H,6-9H2,1H3,(H,20,27)(H,25,26);/q;;;;+1/p-1/t31-,37-,39-;14-,18-,19-;13-,17-,18-;10-,14-,15-;/m1111./s1. The Labute approximate surface area is 876 Å². The van der Waals surface area contributed by atoms with E-state index in [1.807, 2.05) is 171 Å². The average Bonchev–Trinajstić information content (AvgIpc) is 1.69. The fourth-order valence-corrected chi connectivity index (χ4v) is 26.5. The van der Waals surface area contributed by atoms with Gasteiger partial charge >= 0.3 is 77.6 Å². The molecular weight excluding hydrogens is 1930 g/mol. The molecule has 35 nitrogen and oxygen atoms in total. The minimum atomic E-state index is -3.16. The fourth-order valence-electron chi connectivity index (χ4n) is 20.8. The number of rotatable bonds is 34. The van der Waals surface area contributed by atoms with Gasteiger partial charge in [0.25, 0.3) is 0 Å². The Morgan fingerprint density at radius 1 is 0.449 bits per heavy atom. The van der Waals surface area contributed by atoms with E-state index in [-0.39, 0.29) is 143 Å². The number of aliphatic hydroxyl groups excluding tert-OH is 3. The number of carbonyl (C=O) groups is 14. The van der Waals surface area contributed by atoms with E-state index < -0.39 is 111 Å². The summed E-state index contributed by atoms with van der Waals surface area (Å²) in [6.45, 7) is 28.5. The third-order valence-corrected chi connectivity index (χ3v) is 33.1. The molecule has 11 aliphatic rings. The third kappa shape index (κ3) is 23.3. The number of amides is 12. The number of hydrogen-bond donors (Lipinski definition) is 7. The summed E-state index contributed by atoms with van der Waals surface area (Å²) in [5, 5.41) is 55.2. The molecule has 11 heterocycles. The molecule has 0 bridgehead atoms. The largest absolute Gasteiger partial charge is 1.00 e. The molecule has 147 heavy (non-hydrogen) atoms. The number of aliphatic hydroxyl groups is 3. The van der Waals surface area contributed by atoms with Gasteiger partial charge in [-0.1, -0.05) is 213 Å². The summed E-state index contributed by atoms with van der Waals surface area (Å²) < 4.78 is 27.9. The van der Waals surface area contributed by atoms with Gasteiger partial charge in [0.15, 0.2) is 14.1 Å². The summed E-state index contributed by atoms with van der Waals surface area (Å²) >= 11 is 0. The van der Waals surface area contributed by atoms with Crippen LogP contribution < -0.4 is 71.8 Å². The number of likely N-dealkylation sites (tertiary alicyclic amines) is 1. The van der Waals surface area contributed by atoms with Crippen LogP contribution in [0.3, 0.4) is 0 Å². The zero-order valence-electron chi connectivity index (χ0n) is 84.4. The molecule has 0 radical (unpaired) electrons. The quantitative estimate of drug-likeness (QED) is 0.00413. The van der Waals surface area contributed by atoms with E-state index in [9.17, 15) is 87.5 Å². The van der Waals surface area contributed by atoms with Crippen molar-refractivity contribution in [2.45, 2.75) is 169 Å². The van der Waals surface area contributed by atoms with E-state index in [2.05, 4.69) is 54.1 Å². The van der Waals surface area contributed by atoms with Gasteiger partial charge in [-0.25, -0.2) is 33.6 Å². The van der Waals surface area contributed by atoms with Crippen molar-refractivity contribution in [3.63, 3.8) is 0 Å². The van der Waals surface area contributed by atoms with E-state index in [4.69, 9.17) is 23.4 Å². The van der Waals surface area contributed by atoms with Crippen LogP contribution in [0.1, 0.15) is 123 Å². The molecule has 0 unspecified atom stereocenters. The number of esters is 4. The second-order valence-corrected chi connectivity index (χ2v) is 47.6.